The predicted molar refractivity (Wildman–Crippen MR) is 83.0 cm³/mol. The highest BCUT2D eigenvalue weighted by Gasteiger charge is 2.26. The molecule has 104 valence electrons. The molecule has 2 aromatic rings. The molecule has 0 saturated heterocycles. The maximum absolute atomic E-state index is 10.4. The summed E-state index contributed by atoms with van der Waals surface area (Å²) in [5, 5.41) is 10.4. The van der Waals surface area contributed by atoms with E-state index in [9.17, 15) is 5.11 Å². The molecule has 0 aromatic heterocycles. The topological polar surface area (TPSA) is 29.5 Å². The lowest BCUT2D eigenvalue weighted by molar-refractivity contribution is 0.0652. The first-order valence-electron chi connectivity index (χ1n) is 6.85. The molecule has 2 unspecified atom stereocenters. The number of ether oxygens (including phenoxy) is 1. The van der Waals surface area contributed by atoms with Crippen LogP contribution in [0.4, 0.5) is 0 Å². The Bertz CT molecular complexity index is 580. The van der Waals surface area contributed by atoms with Crippen LogP contribution in [-0.4, -0.2) is 17.8 Å². The number of rotatable bonds is 3. The molecule has 1 N–H and O–H groups in total. The third kappa shape index (κ3) is 3.05. The molecular weight excluding hydrogens is 316 g/mol. The second-order valence-corrected chi connectivity index (χ2v) is 6.20. The summed E-state index contributed by atoms with van der Waals surface area (Å²) in [6.07, 6.45) is 1.18. The average molecular weight is 333 g/mol. The Morgan fingerprint density at radius 1 is 1.15 bits per heavy atom. The molecule has 2 aromatic carbocycles. The third-order valence-corrected chi connectivity index (χ3v) is 4.34. The quantitative estimate of drug-likeness (QED) is 0.930. The average Bonchev–Trinajstić information content (AvgIpc) is 2.49. The summed E-state index contributed by atoms with van der Waals surface area (Å²) in [4.78, 5) is 0. The van der Waals surface area contributed by atoms with Crippen molar-refractivity contribution in [2.75, 3.05) is 6.61 Å². The van der Waals surface area contributed by atoms with E-state index in [4.69, 9.17) is 4.74 Å². The molecule has 2 nitrogen and oxygen atoms in total. The molecule has 0 saturated carbocycles. The zero-order chi connectivity index (χ0) is 13.9. The van der Waals surface area contributed by atoms with Crippen molar-refractivity contribution in [1.29, 1.82) is 0 Å². The lowest BCUT2D eigenvalue weighted by Crippen LogP contribution is -2.33. The minimum absolute atomic E-state index is 0.161. The van der Waals surface area contributed by atoms with E-state index >= 15 is 0 Å². The molecule has 2 atom stereocenters. The van der Waals surface area contributed by atoms with Gasteiger partial charge in [-0.3, -0.25) is 0 Å². The summed E-state index contributed by atoms with van der Waals surface area (Å²) in [5.41, 5.74) is 2.35. The molecule has 1 heterocycles. The number of aliphatic hydroxyl groups excluding tert-OH is 1. The smallest absolute Gasteiger partial charge is 0.122 e. The van der Waals surface area contributed by atoms with Gasteiger partial charge >= 0.3 is 0 Å². The second kappa shape index (κ2) is 5.98. The monoisotopic (exact) mass is 332 g/mol. The van der Waals surface area contributed by atoms with Crippen molar-refractivity contribution in [2.24, 2.45) is 5.92 Å². The summed E-state index contributed by atoms with van der Waals surface area (Å²) in [6.45, 7) is 0.592. The predicted octanol–water partition coefficient (Wildman–Crippen LogP) is 3.60. The molecule has 0 radical (unpaired) electrons. The van der Waals surface area contributed by atoms with Gasteiger partial charge in [-0.1, -0.05) is 46.3 Å². The van der Waals surface area contributed by atoms with Gasteiger partial charge in [0, 0.05) is 10.4 Å². The standard InChI is InChI=1S/C17H17BrO2/c18-15-7-5-12(6-8-15)9-16(19)14-10-13-3-1-2-4-17(13)20-11-14/h1-8,14,16,19H,9-11H2. The Hall–Kier alpha value is -1.32. The summed E-state index contributed by atoms with van der Waals surface area (Å²) in [7, 11) is 0. The second-order valence-electron chi connectivity index (χ2n) is 5.28. The number of hydrogen-bond donors (Lipinski definition) is 1. The minimum Gasteiger partial charge on any atom is -0.493 e. The van der Waals surface area contributed by atoms with Crippen LogP contribution in [0.3, 0.4) is 0 Å². The maximum atomic E-state index is 10.4. The van der Waals surface area contributed by atoms with Crippen LogP contribution in [0.5, 0.6) is 5.75 Å². The van der Waals surface area contributed by atoms with E-state index in [0.29, 0.717) is 13.0 Å². The number of fused-ring (bicyclic) bond motifs is 1. The summed E-state index contributed by atoms with van der Waals surface area (Å²) >= 11 is 3.42. The molecule has 20 heavy (non-hydrogen) atoms. The van der Waals surface area contributed by atoms with Crippen LogP contribution in [0.1, 0.15) is 11.1 Å². The molecule has 1 aliphatic heterocycles. The van der Waals surface area contributed by atoms with Gasteiger partial charge in [0.1, 0.15) is 5.75 Å². The van der Waals surface area contributed by atoms with Crippen molar-refractivity contribution in [3.63, 3.8) is 0 Å². The highest BCUT2D eigenvalue weighted by molar-refractivity contribution is 9.10. The van der Waals surface area contributed by atoms with E-state index < -0.39 is 0 Å². The van der Waals surface area contributed by atoms with Crippen molar-refractivity contribution < 1.29 is 9.84 Å². The van der Waals surface area contributed by atoms with Crippen LogP contribution in [0.2, 0.25) is 0 Å². The Morgan fingerprint density at radius 2 is 1.90 bits per heavy atom. The van der Waals surface area contributed by atoms with E-state index in [1.54, 1.807) is 0 Å². The molecule has 0 bridgehead atoms. The SMILES string of the molecule is OC(Cc1ccc(Br)cc1)C1COc2ccccc2C1. The maximum Gasteiger partial charge on any atom is 0.122 e. The molecule has 0 spiro atoms. The van der Waals surface area contributed by atoms with Gasteiger partial charge in [0.05, 0.1) is 12.7 Å². The van der Waals surface area contributed by atoms with Crippen molar-refractivity contribution in [2.45, 2.75) is 18.9 Å². The fourth-order valence-corrected chi connectivity index (χ4v) is 2.89. The van der Waals surface area contributed by atoms with Crippen LogP contribution in [0, 0.1) is 5.92 Å². The molecule has 1 aliphatic rings. The normalized spacial score (nSPS) is 19.0. The van der Waals surface area contributed by atoms with Crippen molar-refractivity contribution in [1.82, 2.24) is 0 Å². The van der Waals surface area contributed by atoms with E-state index in [2.05, 4.69) is 22.0 Å². The number of halogens is 1. The molecule has 0 amide bonds. The number of para-hydroxylation sites is 1. The summed E-state index contributed by atoms with van der Waals surface area (Å²) in [5.74, 6) is 1.12. The molecule has 0 fully saturated rings. The molecule has 3 heteroatoms. The largest absolute Gasteiger partial charge is 0.493 e. The molecule has 0 aliphatic carbocycles. The highest BCUT2D eigenvalue weighted by atomic mass is 79.9. The first-order chi connectivity index (χ1) is 9.72. The Balaban J connectivity index is 1.67. The zero-order valence-corrected chi connectivity index (χ0v) is 12.7. The first kappa shape index (κ1) is 13.7. The number of benzene rings is 2. The minimum atomic E-state index is -0.371. The van der Waals surface area contributed by atoms with Crippen LogP contribution in [0.15, 0.2) is 53.0 Å². The van der Waals surface area contributed by atoms with Gasteiger partial charge in [-0.15, -0.1) is 0 Å². The number of aliphatic hydroxyl groups is 1. The van der Waals surface area contributed by atoms with Crippen LogP contribution in [0.25, 0.3) is 0 Å². The molecule has 3 rings (SSSR count). The summed E-state index contributed by atoms with van der Waals surface area (Å²) in [6, 6.07) is 16.2. The van der Waals surface area contributed by atoms with Gasteiger partial charge in [0.25, 0.3) is 0 Å². The van der Waals surface area contributed by atoms with Crippen molar-refractivity contribution in [3.8, 4) is 5.75 Å². The Morgan fingerprint density at radius 3 is 2.70 bits per heavy atom. The van der Waals surface area contributed by atoms with Gasteiger partial charge in [0.2, 0.25) is 0 Å². The van der Waals surface area contributed by atoms with Crippen LogP contribution in [-0.2, 0) is 12.8 Å². The first-order valence-corrected chi connectivity index (χ1v) is 7.65. The summed E-state index contributed by atoms with van der Waals surface area (Å²) < 4.78 is 6.81. The van der Waals surface area contributed by atoms with Crippen LogP contribution < -0.4 is 4.74 Å². The van der Waals surface area contributed by atoms with Gasteiger partial charge in [-0.25, -0.2) is 0 Å². The van der Waals surface area contributed by atoms with Gasteiger partial charge in [-0.2, -0.15) is 0 Å². The third-order valence-electron chi connectivity index (χ3n) is 3.81. The van der Waals surface area contributed by atoms with Crippen molar-refractivity contribution >= 4 is 15.9 Å². The Kier molecular flexibility index (Phi) is 4.08. The lowest BCUT2D eigenvalue weighted by atomic mass is 9.89. The lowest BCUT2D eigenvalue weighted by Gasteiger charge is -2.28. The van der Waals surface area contributed by atoms with Gasteiger partial charge in [-0.05, 0) is 42.2 Å². The van der Waals surface area contributed by atoms with E-state index in [1.807, 2.05) is 42.5 Å². The van der Waals surface area contributed by atoms with Gasteiger partial charge < -0.3 is 9.84 Å². The van der Waals surface area contributed by atoms with Crippen molar-refractivity contribution in [3.05, 3.63) is 64.1 Å². The van der Waals surface area contributed by atoms with E-state index in [0.717, 1.165) is 22.2 Å². The van der Waals surface area contributed by atoms with Gasteiger partial charge in [0.15, 0.2) is 0 Å². The van der Waals surface area contributed by atoms with Crippen LogP contribution >= 0.6 is 15.9 Å². The number of hydrogen-bond acceptors (Lipinski definition) is 2. The highest BCUT2D eigenvalue weighted by Crippen LogP contribution is 2.29. The van der Waals surface area contributed by atoms with E-state index in [-0.39, 0.29) is 12.0 Å². The molecular formula is C17H17BrO2. The fourth-order valence-electron chi connectivity index (χ4n) is 2.63. The Labute approximate surface area is 127 Å². The van der Waals surface area contributed by atoms with E-state index in [1.165, 1.54) is 5.56 Å². The fraction of sp³-hybridized carbons (Fsp3) is 0.294. The zero-order valence-electron chi connectivity index (χ0n) is 11.1.